The summed E-state index contributed by atoms with van der Waals surface area (Å²) in [6.45, 7) is 0. The SMILES string of the molecule is Cn1nc(CS(=O)(=O)c2ccccc2F)c2ccccc21. The number of aromatic nitrogens is 2. The highest BCUT2D eigenvalue weighted by Gasteiger charge is 2.22. The van der Waals surface area contributed by atoms with Gasteiger partial charge in [0.05, 0.1) is 17.0 Å². The number of nitrogens with zero attached hydrogens (tertiary/aromatic N) is 2. The molecule has 21 heavy (non-hydrogen) atoms. The lowest BCUT2D eigenvalue weighted by molar-refractivity contribution is 0.566. The van der Waals surface area contributed by atoms with Crippen LogP contribution >= 0.6 is 0 Å². The number of para-hydroxylation sites is 1. The number of hydrogen-bond donors (Lipinski definition) is 0. The zero-order chi connectivity index (χ0) is 15.0. The van der Waals surface area contributed by atoms with Gasteiger partial charge in [-0.15, -0.1) is 0 Å². The summed E-state index contributed by atoms with van der Waals surface area (Å²) in [5.74, 6) is -1.06. The quantitative estimate of drug-likeness (QED) is 0.747. The number of fused-ring (bicyclic) bond motifs is 1. The van der Waals surface area contributed by atoms with Crippen LogP contribution in [0.4, 0.5) is 4.39 Å². The van der Waals surface area contributed by atoms with Crippen LogP contribution in [-0.4, -0.2) is 18.2 Å². The Bertz CT molecular complexity index is 916. The minimum absolute atomic E-state index is 0.292. The topological polar surface area (TPSA) is 52.0 Å². The third-order valence-corrected chi connectivity index (χ3v) is 4.99. The Morgan fingerprint density at radius 2 is 1.76 bits per heavy atom. The molecule has 0 amide bonds. The van der Waals surface area contributed by atoms with Crippen LogP contribution in [0, 0.1) is 5.82 Å². The second kappa shape index (κ2) is 4.96. The molecule has 0 saturated carbocycles. The molecule has 3 rings (SSSR count). The summed E-state index contributed by atoms with van der Waals surface area (Å²) in [4.78, 5) is -0.292. The van der Waals surface area contributed by atoms with Crippen molar-refractivity contribution >= 4 is 20.7 Å². The van der Waals surface area contributed by atoms with Crippen molar-refractivity contribution in [2.45, 2.75) is 10.6 Å². The van der Waals surface area contributed by atoms with Crippen molar-refractivity contribution in [1.82, 2.24) is 9.78 Å². The van der Waals surface area contributed by atoms with Crippen molar-refractivity contribution in [2.75, 3.05) is 0 Å². The highest BCUT2D eigenvalue weighted by molar-refractivity contribution is 7.90. The molecule has 0 atom stereocenters. The fraction of sp³-hybridized carbons (Fsp3) is 0.133. The Hall–Kier alpha value is -2.21. The highest BCUT2D eigenvalue weighted by atomic mass is 32.2. The summed E-state index contributed by atoms with van der Waals surface area (Å²) >= 11 is 0. The molecule has 0 fully saturated rings. The van der Waals surface area contributed by atoms with Crippen LogP contribution in [0.1, 0.15) is 5.69 Å². The van der Waals surface area contributed by atoms with Crippen molar-refractivity contribution in [1.29, 1.82) is 0 Å². The van der Waals surface area contributed by atoms with Crippen LogP contribution in [0.3, 0.4) is 0 Å². The molecule has 0 spiro atoms. The van der Waals surface area contributed by atoms with Crippen molar-refractivity contribution in [3.63, 3.8) is 0 Å². The molecule has 0 aliphatic carbocycles. The van der Waals surface area contributed by atoms with Crippen LogP contribution in [0.2, 0.25) is 0 Å². The lowest BCUT2D eigenvalue weighted by Crippen LogP contribution is -2.08. The molecule has 1 heterocycles. The van der Waals surface area contributed by atoms with Gasteiger partial charge < -0.3 is 0 Å². The lowest BCUT2D eigenvalue weighted by Gasteiger charge is -2.04. The third kappa shape index (κ3) is 2.42. The Morgan fingerprint density at radius 1 is 1.10 bits per heavy atom. The first-order valence-corrected chi connectivity index (χ1v) is 8.02. The van der Waals surface area contributed by atoms with Gasteiger partial charge in [-0.3, -0.25) is 4.68 Å². The van der Waals surface area contributed by atoms with E-state index in [-0.39, 0.29) is 10.6 Å². The first kappa shape index (κ1) is 13.8. The summed E-state index contributed by atoms with van der Waals surface area (Å²) in [6.07, 6.45) is 0. The number of aryl methyl sites for hydroxylation is 1. The summed E-state index contributed by atoms with van der Waals surface area (Å²) in [7, 11) is -2.02. The fourth-order valence-electron chi connectivity index (χ4n) is 2.35. The van der Waals surface area contributed by atoms with Gasteiger partial charge in [-0.1, -0.05) is 30.3 Å². The molecule has 0 saturated heterocycles. The van der Waals surface area contributed by atoms with E-state index in [0.717, 1.165) is 17.0 Å². The van der Waals surface area contributed by atoms with E-state index < -0.39 is 15.7 Å². The van der Waals surface area contributed by atoms with Crippen LogP contribution < -0.4 is 0 Å². The maximum Gasteiger partial charge on any atom is 0.187 e. The van der Waals surface area contributed by atoms with Crippen LogP contribution in [0.15, 0.2) is 53.4 Å². The van der Waals surface area contributed by atoms with E-state index in [1.54, 1.807) is 11.7 Å². The summed E-state index contributed by atoms with van der Waals surface area (Å²) in [6, 6.07) is 12.7. The van der Waals surface area contributed by atoms with Crippen LogP contribution in [0.25, 0.3) is 10.9 Å². The van der Waals surface area contributed by atoms with Crippen molar-refractivity contribution in [3.8, 4) is 0 Å². The van der Waals surface area contributed by atoms with Gasteiger partial charge >= 0.3 is 0 Å². The minimum atomic E-state index is -3.77. The predicted molar refractivity (Wildman–Crippen MR) is 78.0 cm³/mol. The second-order valence-corrected chi connectivity index (χ2v) is 6.73. The molecule has 0 N–H and O–H groups in total. The molecule has 2 aromatic carbocycles. The predicted octanol–water partition coefficient (Wildman–Crippen LogP) is 2.69. The second-order valence-electron chi connectivity index (χ2n) is 4.78. The number of sulfone groups is 1. The van der Waals surface area contributed by atoms with Gasteiger partial charge in [-0.2, -0.15) is 5.10 Å². The number of halogens is 1. The highest BCUT2D eigenvalue weighted by Crippen LogP contribution is 2.23. The van der Waals surface area contributed by atoms with Crippen LogP contribution in [0.5, 0.6) is 0 Å². The molecule has 6 heteroatoms. The standard InChI is InChI=1S/C15H13FN2O2S/c1-18-14-8-4-2-6-11(14)13(17-18)10-21(19,20)15-9-5-3-7-12(15)16/h2-9H,10H2,1H3. The van der Waals surface area contributed by atoms with Gasteiger partial charge in [0.15, 0.2) is 9.84 Å². The van der Waals surface area contributed by atoms with Gasteiger partial charge in [0, 0.05) is 12.4 Å². The Balaban J connectivity index is 2.08. The summed E-state index contributed by atoms with van der Waals surface area (Å²) in [5, 5.41) is 5.01. The van der Waals surface area contributed by atoms with Crippen molar-refractivity contribution in [2.24, 2.45) is 7.05 Å². The van der Waals surface area contributed by atoms with Gasteiger partial charge in [0.2, 0.25) is 0 Å². The van der Waals surface area contributed by atoms with Crippen molar-refractivity contribution in [3.05, 3.63) is 60.0 Å². The van der Waals surface area contributed by atoms with Gasteiger partial charge in [-0.25, -0.2) is 12.8 Å². The average molecular weight is 304 g/mol. The Kier molecular flexibility index (Phi) is 3.25. The summed E-state index contributed by atoms with van der Waals surface area (Å²) < 4.78 is 40.1. The number of rotatable bonds is 3. The average Bonchev–Trinajstić information content (AvgIpc) is 2.76. The summed E-state index contributed by atoms with van der Waals surface area (Å²) in [5.41, 5.74) is 1.27. The molecule has 0 unspecified atom stereocenters. The first-order chi connectivity index (χ1) is 9.99. The third-order valence-electron chi connectivity index (χ3n) is 3.33. The monoisotopic (exact) mass is 304 g/mol. The Labute approximate surface area is 121 Å². The van der Waals surface area contributed by atoms with E-state index in [1.807, 2.05) is 24.3 Å². The largest absolute Gasteiger partial charge is 0.268 e. The van der Waals surface area contributed by atoms with Gasteiger partial charge in [-0.05, 0) is 18.2 Å². The number of benzene rings is 2. The molecule has 4 nitrogen and oxygen atoms in total. The zero-order valence-corrected chi connectivity index (χ0v) is 12.1. The smallest absolute Gasteiger partial charge is 0.187 e. The van der Waals surface area contributed by atoms with Crippen molar-refractivity contribution < 1.29 is 12.8 Å². The first-order valence-electron chi connectivity index (χ1n) is 6.37. The van der Waals surface area contributed by atoms with Gasteiger partial charge in [0.25, 0.3) is 0 Å². The molecule has 0 aliphatic heterocycles. The lowest BCUT2D eigenvalue weighted by atomic mass is 10.2. The molecule has 3 aromatic rings. The molecule has 0 bridgehead atoms. The van der Waals surface area contributed by atoms with E-state index in [2.05, 4.69) is 5.10 Å². The number of hydrogen-bond acceptors (Lipinski definition) is 3. The molecular weight excluding hydrogens is 291 g/mol. The van der Waals surface area contributed by atoms with E-state index in [9.17, 15) is 12.8 Å². The maximum atomic E-state index is 13.7. The maximum absolute atomic E-state index is 13.7. The molecule has 108 valence electrons. The minimum Gasteiger partial charge on any atom is -0.268 e. The van der Waals surface area contributed by atoms with E-state index in [0.29, 0.717) is 5.69 Å². The Morgan fingerprint density at radius 3 is 2.52 bits per heavy atom. The van der Waals surface area contributed by atoms with E-state index in [4.69, 9.17) is 0 Å². The van der Waals surface area contributed by atoms with E-state index in [1.165, 1.54) is 18.2 Å². The molecular formula is C15H13FN2O2S. The molecule has 0 aliphatic rings. The molecule has 1 aromatic heterocycles. The van der Waals surface area contributed by atoms with E-state index >= 15 is 0 Å². The zero-order valence-electron chi connectivity index (χ0n) is 11.3. The normalized spacial score (nSPS) is 11.9. The van der Waals surface area contributed by atoms with Crippen LogP contribution in [-0.2, 0) is 22.6 Å². The fourth-order valence-corrected chi connectivity index (χ4v) is 3.73. The molecule has 0 radical (unpaired) electrons. The van der Waals surface area contributed by atoms with Gasteiger partial charge in [0.1, 0.15) is 10.7 Å².